The summed E-state index contributed by atoms with van der Waals surface area (Å²) in [7, 11) is 1.63. The maximum atomic E-state index is 9.35. The summed E-state index contributed by atoms with van der Waals surface area (Å²) >= 11 is 0. The summed E-state index contributed by atoms with van der Waals surface area (Å²) in [4.78, 5) is 0. The van der Waals surface area contributed by atoms with Gasteiger partial charge in [-0.15, -0.1) is 0 Å². The van der Waals surface area contributed by atoms with Crippen LogP contribution in [0.2, 0.25) is 0 Å². The monoisotopic (exact) mass is 180 g/mol. The van der Waals surface area contributed by atoms with Crippen LogP contribution in [0.3, 0.4) is 0 Å². The molecular formula is C11H16O2. The summed E-state index contributed by atoms with van der Waals surface area (Å²) < 4.78 is 5.21. The van der Waals surface area contributed by atoms with Crippen LogP contribution < -0.4 is 4.74 Å². The average molecular weight is 180 g/mol. The Morgan fingerprint density at radius 1 is 1.31 bits per heavy atom. The molecule has 1 aromatic rings. The van der Waals surface area contributed by atoms with Gasteiger partial charge in [0, 0.05) is 6.07 Å². The number of hydrogen-bond donors (Lipinski definition) is 1. The normalized spacial score (nSPS) is 10.5. The maximum absolute atomic E-state index is 9.35. The third kappa shape index (κ3) is 1.94. The van der Waals surface area contributed by atoms with E-state index in [1.807, 2.05) is 6.92 Å². The lowest BCUT2D eigenvalue weighted by molar-refractivity contribution is 0.400. The Hall–Kier alpha value is -1.18. The van der Waals surface area contributed by atoms with Crippen molar-refractivity contribution in [2.45, 2.75) is 26.7 Å². The van der Waals surface area contributed by atoms with E-state index in [1.54, 1.807) is 19.2 Å². The van der Waals surface area contributed by atoms with Crippen LogP contribution in [-0.4, -0.2) is 12.2 Å². The second-order valence-electron chi connectivity index (χ2n) is 3.53. The zero-order chi connectivity index (χ0) is 10.0. The van der Waals surface area contributed by atoms with Crippen LogP contribution in [0.25, 0.3) is 0 Å². The van der Waals surface area contributed by atoms with Gasteiger partial charge < -0.3 is 9.84 Å². The smallest absolute Gasteiger partial charge is 0.126 e. The molecule has 13 heavy (non-hydrogen) atoms. The van der Waals surface area contributed by atoms with Crippen molar-refractivity contribution in [2.75, 3.05) is 7.11 Å². The predicted molar refractivity (Wildman–Crippen MR) is 53.5 cm³/mol. The highest BCUT2D eigenvalue weighted by atomic mass is 16.5. The summed E-state index contributed by atoms with van der Waals surface area (Å²) in [6, 6.07) is 3.42. The molecule has 72 valence electrons. The van der Waals surface area contributed by atoms with Gasteiger partial charge in [-0.05, 0) is 30.0 Å². The number of phenolic OH excluding ortho intramolecular Hbond substituents is 1. The molecule has 0 aliphatic heterocycles. The summed E-state index contributed by atoms with van der Waals surface area (Å²) in [5.74, 6) is 1.45. The second-order valence-corrected chi connectivity index (χ2v) is 3.53. The van der Waals surface area contributed by atoms with Gasteiger partial charge in [-0.1, -0.05) is 13.8 Å². The first kappa shape index (κ1) is 9.90. The number of phenols is 1. The molecule has 2 nitrogen and oxygen atoms in total. The molecule has 0 fully saturated rings. The Bertz CT molecular complexity index is 303. The minimum atomic E-state index is 0.263. The van der Waals surface area contributed by atoms with Crippen molar-refractivity contribution in [3.8, 4) is 11.5 Å². The number of methoxy groups -OCH3 is 1. The molecule has 0 unspecified atom stereocenters. The highest BCUT2D eigenvalue weighted by molar-refractivity contribution is 5.47. The largest absolute Gasteiger partial charge is 0.508 e. The highest BCUT2D eigenvalue weighted by Gasteiger charge is 2.11. The van der Waals surface area contributed by atoms with Gasteiger partial charge in [0.25, 0.3) is 0 Å². The molecule has 0 atom stereocenters. The minimum absolute atomic E-state index is 0.263. The fraction of sp³-hybridized carbons (Fsp3) is 0.455. The van der Waals surface area contributed by atoms with Gasteiger partial charge in [-0.2, -0.15) is 0 Å². The van der Waals surface area contributed by atoms with Crippen molar-refractivity contribution in [3.63, 3.8) is 0 Å². The zero-order valence-corrected chi connectivity index (χ0v) is 8.59. The number of hydrogen-bond acceptors (Lipinski definition) is 2. The summed E-state index contributed by atoms with van der Waals surface area (Å²) in [6.07, 6.45) is 0. The predicted octanol–water partition coefficient (Wildman–Crippen LogP) is 2.83. The van der Waals surface area contributed by atoms with Crippen LogP contribution in [0.15, 0.2) is 12.1 Å². The standard InChI is InChI=1S/C11H16O2/c1-7(2)11-8(3)5-9(12)6-10(11)13-4/h5-7,12H,1-4H3. The third-order valence-corrected chi connectivity index (χ3v) is 2.13. The van der Waals surface area contributed by atoms with Crippen molar-refractivity contribution in [3.05, 3.63) is 23.3 Å². The molecule has 0 saturated carbocycles. The van der Waals surface area contributed by atoms with E-state index < -0.39 is 0 Å². The number of benzene rings is 1. The molecule has 0 heterocycles. The van der Waals surface area contributed by atoms with Crippen LogP contribution in [-0.2, 0) is 0 Å². The highest BCUT2D eigenvalue weighted by Crippen LogP contribution is 2.32. The Balaban J connectivity index is 3.30. The van der Waals surface area contributed by atoms with Crippen molar-refractivity contribution >= 4 is 0 Å². The van der Waals surface area contributed by atoms with Gasteiger partial charge in [-0.25, -0.2) is 0 Å². The lowest BCUT2D eigenvalue weighted by Gasteiger charge is -2.14. The molecule has 1 aromatic carbocycles. The molecule has 1 N–H and O–H groups in total. The third-order valence-electron chi connectivity index (χ3n) is 2.13. The summed E-state index contributed by atoms with van der Waals surface area (Å²) in [5, 5.41) is 9.35. The number of rotatable bonds is 2. The zero-order valence-electron chi connectivity index (χ0n) is 8.59. The van der Waals surface area contributed by atoms with E-state index in [0.29, 0.717) is 5.92 Å². The quantitative estimate of drug-likeness (QED) is 0.758. The average Bonchev–Trinajstić information content (AvgIpc) is 2.01. The molecule has 2 heteroatoms. The molecule has 0 aliphatic rings. The topological polar surface area (TPSA) is 29.5 Å². The second kappa shape index (κ2) is 3.69. The van der Waals surface area contributed by atoms with Crippen LogP contribution in [0.1, 0.15) is 30.9 Å². The lowest BCUT2D eigenvalue weighted by Crippen LogP contribution is -1.97. The number of aromatic hydroxyl groups is 1. The maximum Gasteiger partial charge on any atom is 0.126 e. The Morgan fingerprint density at radius 3 is 2.38 bits per heavy atom. The molecule has 0 saturated heterocycles. The van der Waals surface area contributed by atoms with Crippen molar-refractivity contribution < 1.29 is 9.84 Å². The first-order valence-electron chi connectivity index (χ1n) is 4.43. The summed E-state index contributed by atoms with van der Waals surface area (Å²) in [5.41, 5.74) is 2.24. The fourth-order valence-electron chi connectivity index (χ4n) is 1.66. The van der Waals surface area contributed by atoms with E-state index in [1.165, 1.54) is 5.56 Å². The number of aryl methyl sites for hydroxylation is 1. The summed E-state index contributed by atoms with van der Waals surface area (Å²) in [6.45, 7) is 6.21. The number of ether oxygens (including phenoxy) is 1. The van der Waals surface area contributed by atoms with Crippen molar-refractivity contribution in [1.29, 1.82) is 0 Å². The molecule has 0 bridgehead atoms. The molecule has 1 rings (SSSR count). The fourth-order valence-corrected chi connectivity index (χ4v) is 1.66. The molecule has 0 radical (unpaired) electrons. The molecule has 0 amide bonds. The van der Waals surface area contributed by atoms with Gasteiger partial charge in [-0.3, -0.25) is 0 Å². The molecule has 0 aliphatic carbocycles. The van der Waals surface area contributed by atoms with E-state index >= 15 is 0 Å². The molecular weight excluding hydrogens is 164 g/mol. The van der Waals surface area contributed by atoms with E-state index in [-0.39, 0.29) is 5.75 Å². The molecule has 0 aromatic heterocycles. The minimum Gasteiger partial charge on any atom is -0.508 e. The van der Waals surface area contributed by atoms with E-state index in [2.05, 4.69) is 13.8 Å². The van der Waals surface area contributed by atoms with Gasteiger partial charge in [0.05, 0.1) is 7.11 Å². The van der Waals surface area contributed by atoms with Crippen molar-refractivity contribution in [1.82, 2.24) is 0 Å². The van der Waals surface area contributed by atoms with Crippen LogP contribution in [0.5, 0.6) is 11.5 Å². The van der Waals surface area contributed by atoms with Gasteiger partial charge in [0.15, 0.2) is 0 Å². The van der Waals surface area contributed by atoms with Crippen LogP contribution >= 0.6 is 0 Å². The first-order chi connectivity index (χ1) is 6.06. The first-order valence-corrected chi connectivity index (χ1v) is 4.43. The van der Waals surface area contributed by atoms with Gasteiger partial charge in [0.2, 0.25) is 0 Å². The van der Waals surface area contributed by atoms with Crippen LogP contribution in [0, 0.1) is 6.92 Å². The van der Waals surface area contributed by atoms with E-state index in [9.17, 15) is 5.11 Å². The van der Waals surface area contributed by atoms with Crippen molar-refractivity contribution in [2.24, 2.45) is 0 Å². The van der Waals surface area contributed by atoms with E-state index in [0.717, 1.165) is 11.3 Å². The SMILES string of the molecule is COc1cc(O)cc(C)c1C(C)C. The lowest BCUT2D eigenvalue weighted by atomic mass is 9.97. The van der Waals surface area contributed by atoms with Gasteiger partial charge >= 0.3 is 0 Å². The van der Waals surface area contributed by atoms with E-state index in [4.69, 9.17) is 4.74 Å². The Labute approximate surface area is 79.2 Å². The Morgan fingerprint density at radius 2 is 1.92 bits per heavy atom. The van der Waals surface area contributed by atoms with Crippen LogP contribution in [0.4, 0.5) is 0 Å². The molecule has 0 spiro atoms. The van der Waals surface area contributed by atoms with Gasteiger partial charge in [0.1, 0.15) is 11.5 Å². The Kier molecular flexibility index (Phi) is 2.81.